The third-order valence-electron chi connectivity index (χ3n) is 1.41. The first-order valence-corrected chi connectivity index (χ1v) is 4.59. The maximum Gasteiger partial charge on any atom is 0.272 e. The molecule has 0 aliphatic heterocycles. The van der Waals surface area contributed by atoms with Gasteiger partial charge in [-0.05, 0) is 18.2 Å². The van der Waals surface area contributed by atoms with E-state index >= 15 is 0 Å². The summed E-state index contributed by atoms with van der Waals surface area (Å²) in [6.45, 7) is -0.625. The summed E-state index contributed by atoms with van der Waals surface area (Å²) >= 11 is 3.20. The monoisotopic (exact) mass is 260 g/mol. The minimum atomic E-state index is -2.48. The summed E-state index contributed by atoms with van der Waals surface area (Å²) in [4.78, 5) is 0. The SMILES string of the molecule is C#Cc1cc(Br)cc(OCC(F)F)c1. The first kappa shape index (κ1) is 11.0. The van der Waals surface area contributed by atoms with Crippen molar-refractivity contribution in [3.05, 3.63) is 28.2 Å². The molecule has 0 spiro atoms. The number of hydrogen-bond acceptors (Lipinski definition) is 1. The van der Waals surface area contributed by atoms with Crippen LogP contribution in [-0.4, -0.2) is 13.0 Å². The zero-order valence-electron chi connectivity index (χ0n) is 7.14. The van der Waals surface area contributed by atoms with Gasteiger partial charge in [-0.25, -0.2) is 8.78 Å². The molecule has 0 aliphatic rings. The Morgan fingerprint density at radius 1 is 1.43 bits per heavy atom. The van der Waals surface area contributed by atoms with Crippen LogP contribution in [0.5, 0.6) is 5.75 Å². The molecular formula is C10H7BrF2O. The molecule has 0 bridgehead atoms. The van der Waals surface area contributed by atoms with E-state index in [0.29, 0.717) is 15.8 Å². The standard InChI is InChI=1S/C10H7BrF2O/c1-2-7-3-8(11)5-9(4-7)14-6-10(12)13/h1,3-5,10H,6H2. The van der Waals surface area contributed by atoms with Crippen LogP contribution in [0.25, 0.3) is 0 Å². The lowest BCUT2D eigenvalue weighted by Crippen LogP contribution is -2.06. The van der Waals surface area contributed by atoms with Gasteiger partial charge in [-0.15, -0.1) is 6.42 Å². The molecule has 0 fully saturated rings. The molecule has 0 heterocycles. The molecular weight excluding hydrogens is 254 g/mol. The molecule has 0 saturated carbocycles. The summed E-state index contributed by atoms with van der Waals surface area (Å²) < 4.78 is 29.2. The Kier molecular flexibility index (Phi) is 3.90. The fraction of sp³-hybridized carbons (Fsp3) is 0.200. The van der Waals surface area contributed by atoms with E-state index in [-0.39, 0.29) is 0 Å². The molecule has 0 N–H and O–H groups in total. The van der Waals surface area contributed by atoms with Crippen LogP contribution in [0.4, 0.5) is 8.78 Å². The van der Waals surface area contributed by atoms with Gasteiger partial charge in [0.1, 0.15) is 12.4 Å². The second kappa shape index (κ2) is 4.97. The molecule has 1 aromatic rings. The molecule has 1 rings (SSSR count). The molecule has 0 aliphatic carbocycles. The minimum absolute atomic E-state index is 0.340. The van der Waals surface area contributed by atoms with E-state index in [1.165, 1.54) is 6.07 Å². The first-order valence-electron chi connectivity index (χ1n) is 3.80. The van der Waals surface area contributed by atoms with Crippen molar-refractivity contribution >= 4 is 15.9 Å². The van der Waals surface area contributed by atoms with Crippen molar-refractivity contribution in [2.45, 2.75) is 6.43 Å². The van der Waals surface area contributed by atoms with Crippen molar-refractivity contribution in [2.75, 3.05) is 6.61 Å². The topological polar surface area (TPSA) is 9.23 Å². The molecule has 0 unspecified atom stereocenters. The van der Waals surface area contributed by atoms with Crippen LogP contribution in [-0.2, 0) is 0 Å². The van der Waals surface area contributed by atoms with Crippen molar-refractivity contribution < 1.29 is 13.5 Å². The van der Waals surface area contributed by atoms with Gasteiger partial charge in [0.05, 0.1) is 0 Å². The van der Waals surface area contributed by atoms with Crippen molar-refractivity contribution in [3.8, 4) is 18.1 Å². The third-order valence-corrected chi connectivity index (χ3v) is 1.87. The summed E-state index contributed by atoms with van der Waals surface area (Å²) in [7, 11) is 0. The summed E-state index contributed by atoms with van der Waals surface area (Å²) in [5.41, 5.74) is 0.587. The van der Waals surface area contributed by atoms with Crippen molar-refractivity contribution in [1.29, 1.82) is 0 Å². The van der Waals surface area contributed by atoms with E-state index in [1.807, 2.05) is 0 Å². The highest BCUT2D eigenvalue weighted by atomic mass is 79.9. The average molecular weight is 261 g/mol. The van der Waals surface area contributed by atoms with E-state index in [0.717, 1.165) is 0 Å². The minimum Gasteiger partial charge on any atom is -0.488 e. The van der Waals surface area contributed by atoms with Gasteiger partial charge < -0.3 is 4.74 Å². The highest BCUT2D eigenvalue weighted by molar-refractivity contribution is 9.10. The largest absolute Gasteiger partial charge is 0.488 e. The van der Waals surface area contributed by atoms with Crippen LogP contribution in [0.2, 0.25) is 0 Å². The van der Waals surface area contributed by atoms with Crippen LogP contribution in [0.1, 0.15) is 5.56 Å². The van der Waals surface area contributed by atoms with Gasteiger partial charge in [0.25, 0.3) is 6.43 Å². The predicted molar refractivity (Wildman–Crippen MR) is 53.6 cm³/mol. The van der Waals surface area contributed by atoms with E-state index in [2.05, 4.69) is 21.9 Å². The highest BCUT2D eigenvalue weighted by Gasteiger charge is 2.04. The number of alkyl halides is 2. The van der Waals surface area contributed by atoms with E-state index in [1.54, 1.807) is 12.1 Å². The maximum atomic E-state index is 11.8. The molecule has 0 saturated heterocycles. The Labute approximate surface area is 89.2 Å². The molecule has 1 aromatic carbocycles. The lowest BCUT2D eigenvalue weighted by Gasteiger charge is -2.06. The smallest absolute Gasteiger partial charge is 0.272 e. The Hall–Kier alpha value is -1.08. The van der Waals surface area contributed by atoms with Crippen LogP contribution in [0.15, 0.2) is 22.7 Å². The molecule has 14 heavy (non-hydrogen) atoms. The zero-order chi connectivity index (χ0) is 10.6. The lowest BCUT2D eigenvalue weighted by atomic mass is 10.2. The van der Waals surface area contributed by atoms with Crippen molar-refractivity contribution in [1.82, 2.24) is 0 Å². The molecule has 74 valence electrons. The summed E-state index contributed by atoms with van der Waals surface area (Å²) in [5, 5.41) is 0. The Morgan fingerprint density at radius 2 is 2.14 bits per heavy atom. The summed E-state index contributed by atoms with van der Waals surface area (Å²) in [5.74, 6) is 2.74. The van der Waals surface area contributed by atoms with E-state index < -0.39 is 13.0 Å². The molecule has 1 nitrogen and oxygen atoms in total. The number of hydrogen-bond donors (Lipinski definition) is 0. The lowest BCUT2D eigenvalue weighted by molar-refractivity contribution is 0.0818. The number of rotatable bonds is 3. The predicted octanol–water partition coefficient (Wildman–Crippen LogP) is 3.07. The highest BCUT2D eigenvalue weighted by Crippen LogP contribution is 2.21. The molecule has 0 atom stereocenters. The zero-order valence-corrected chi connectivity index (χ0v) is 8.72. The Balaban J connectivity index is 2.78. The van der Waals surface area contributed by atoms with Crippen LogP contribution in [0.3, 0.4) is 0 Å². The second-order valence-electron chi connectivity index (χ2n) is 2.52. The third kappa shape index (κ3) is 3.35. The van der Waals surface area contributed by atoms with Gasteiger partial charge in [-0.1, -0.05) is 21.9 Å². The van der Waals surface area contributed by atoms with E-state index in [9.17, 15) is 8.78 Å². The van der Waals surface area contributed by atoms with Crippen LogP contribution < -0.4 is 4.74 Å². The summed E-state index contributed by atoms with van der Waals surface area (Å²) in [6, 6.07) is 4.82. The Bertz CT molecular complexity index is 358. The molecule has 4 heteroatoms. The number of terminal acetylenes is 1. The Morgan fingerprint density at radius 3 is 2.71 bits per heavy atom. The molecule has 0 aromatic heterocycles. The maximum absolute atomic E-state index is 11.8. The average Bonchev–Trinajstić information content (AvgIpc) is 2.14. The quantitative estimate of drug-likeness (QED) is 0.760. The van der Waals surface area contributed by atoms with E-state index in [4.69, 9.17) is 11.2 Å². The molecule has 0 radical (unpaired) electrons. The van der Waals surface area contributed by atoms with Gasteiger partial charge in [-0.2, -0.15) is 0 Å². The van der Waals surface area contributed by atoms with Gasteiger partial charge >= 0.3 is 0 Å². The van der Waals surface area contributed by atoms with Gasteiger partial charge in [0.15, 0.2) is 0 Å². The first-order chi connectivity index (χ1) is 6.61. The van der Waals surface area contributed by atoms with Crippen LogP contribution >= 0.6 is 15.9 Å². The van der Waals surface area contributed by atoms with Crippen molar-refractivity contribution in [3.63, 3.8) is 0 Å². The fourth-order valence-corrected chi connectivity index (χ4v) is 1.36. The summed E-state index contributed by atoms with van der Waals surface area (Å²) in [6.07, 6.45) is 2.69. The van der Waals surface area contributed by atoms with Gasteiger partial charge in [-0.3, -0.25) is 0 Å². The number of halogens is 3. The van der Waals surface area contributed by atoms with Crippen LogP contribution in [0, 0.1) is 12.3 Å². The number of ether oxygens (including phenoxy) is 1. The second-order valence-corrected chi connectivity index (χ2v) is 3.44. The van der Waals surface area contributed by atoms with Crippen molar-refractivity contribution in [2.24, 2.45) is 0 Å². The molecule has 0 amide bonds. The number of benzene rings is 1. The normalized spacial score (nSPS) is 9.93. The van der Waals surface area contributed by atoms with Gasteiger partial charge in [0, 0.05) is 10.0 Å². The fourth-order valence-electron chi connectivity index (χ4n) is 0.889. The van der Waals surface area contributed by atoms with Gasteiger partial charge in [0.2, 0.25) is 0 Å².